The highest BCUT2D eigenvalue weighted by molar-refractivity contribution is 5.71. The van der Waals surface area contributed by atoms with Crippen molar-refractivity contribution in [2.45, 2.75) is 13.5 Å². The highest BCUT2D eigenvalue weighted by atomic mass is 19.1. The van der Waals surface area contributed by atoms with Gasteiger partial charge in [0.1, 0.15) is 19.0 Å². The highest BCUT2D eigenvalue weighted by Crippen LogP contribution is 2.25. The molecule has 0 spiro atoms. The Labute approximate surface area is 135 Å². The molecule has 1 aromatic heterocycles. The normalized spacial score (nSPS) is 11.3. The number of phenolic OH excluding ortho intramolecular Hbond substituents is 1. The van der Waals surface area contributed by atoms with Crippen molar-refractivity contribution < 1.29 is 18.7 Å². The van der Waals surface area contributed by atoms with Crippen molar-refractivity contribution in [2.75, 3.05) is 32.3 Å². The van der Waals surface area contributed by atoms with Gasteiger partial charge in [0, 0.05) is 37.5 Å². The van der Waals surface area contributed by atoms with Crippen LogP contribution in [-0.2, 0) is 11.3 Å². The topological polar surface area (TPSA) is 58.7 Å². The number of rotatable bonds is 7. The van der Waals surface area contributed by atoms with Crippen LogP contribution in [0.25, 0.3) is 12.2 Å². The average molecular weight is 320 g/mol. The molecule has 0 atom stereocenters. The molecule has 1 N–H and O–H groups in total. The summed E-state index contributed by atoms with van der Waals surface area (Å²) in [5.74, 6) is 1.17. The summed E-state index contributed by atoms with van der Waals surface area (Å²) in [7, 11) is 3.82. The molecule has 23 heavy (non-hydrogen) atoms. The van der Waals surface area contributed by atoms with Crippen LogP contribution in [0.2, 0.25) is 0 Å². The summed E-state index contributed by atoms with van der Waals surface area (Å²) in [6.45, 7) is 1.51. The molecule has 0 aliphatic rings. The van der Waals surface area contributed by atoms with E-state index in [4.69, 9.17) is 9.15 Å². The second-order valence-corrected chi connectivity index (χ2v) is 5.27. The quantitative estimate of drug-likeness (QED) is 0.792. The fraction of sp³-hybridized carbons (Fsp3) is 0.353. The molecule has 0 aliphatic carbocycles. The van der Waals surface area contributed by atoms with E-state index in [-0.39, 0.29) is 19.0 Å². The monoisotopic (exact) mass is 320 g/mol. The van der Waals surface area contributed by atoms with Gasteiger partial charge in [0.15, 0.2) is 5.76 Å². The third-order valence-electron chi connectivity index (χ3n) is 3.30. The minimum Gasteiger partial charge on any atom is -0.507 e. The molecule has 1 heterocycles. The van der Waals surface area contributed by atoms with Gasteiger partial charge >= 0.3 is 0 Å². The zero-order chi connectivity index (χ0) is 16.8. The Bertz CT molecular complexity index is 680. The first-order valence-electron chi connectivity index (χ1n) is 7.29. The molecule has 124 valence electrons. The molecule has 0 saturated heterocycles. The average Bonchev–Trinajstić information content (AvgIpc) is 2.86. The number of aromatic nitrogens is 1. The van der Waals surface area contributed by atoms with Gasteiger partial charge in [-0.05, 0) is 25.1 Å². The van der Waals surface area contributed by atoms with Gasteiger partial charge in [0.2, 0.25) is 5.89 Å². The molecule has 6 heteroatoms. The first-order valence-corrected chi connectivity index (χ1v) is 7.29. The Balaban J connectivity index is 2.09. The largest absolute Gasteiger partial charge is 0.507 e. The summed E-state index contributed by atoms with van der Waals surface area (Å²) in [4.78, 5) is 6.17. The maximum Gasteiger partial charge on any atom is 0.219 e. The van der Waals surface area contributed by atoms with E-state index in [1.54, 1.807) is 25.1 Å². The van der Waals surface area contributed by atoms with Crippen molar-refractivity contribution in [2.24, 2.45) is 0 Å². The lowest BCUT2D eigenvalue weighted by molar-refractivity contribution is 0.0929. The van der Waals surface area contributed by atoms with E-state index < -0.39 is 6.67 Å². The number of aromatic hydroxyl groups is 1. The van der Waals surface area contributed by atoms with Gasteiger partial charge in [-0.15, -0.1) is 0 Å². The predicted octanol–water partition coefficient (Wildman–Crippen LogP) is 3.41. The molecule has 2 rings (SSSR count). The zero-order valence-corrected chi connectivity index (χ0v) is 13.5. The smallest absolute Gasteiger partial charge is 0.219 e. The van der Waals surface area contributed by atoms with Crippen molar-refractivity contribution >= 4 is 17.8 Å². The third-order valence-corrected chi connectivity index (χ3v) is 3.30. The van der Waals surface area contributed by atoms with Crippen LogP contribution in [0.4, 0.5) is 10.1 Å². The minimum absolute atomic E-state index is 0.0391. The lowest BCUT2D eigenvalue weighted by Crippen LogP contribution is -2.08. The number of nitrogens with zero attached hydrogens (tertiary/aromatic N) is 2. The Kier molecular flexibility index (Phi) is 5.76. The van der Waals surface area contributed by atoms with Gasteiger partial charge in [-0.25, -0.2) is 9.37 Å². The van der Waals surface area contributed by atoms with Crippen molar-refractivity contribution in [1.29, 1.82) is 0 Å². The number of halogens is 1. The Morgan fingerprint density at radius 1 is 1.35 bits per heavy atom. The number of oxazole rings is 1. The van der Waals surface area contributed by atoms with Gasteiger partial charge in [0.25, 0.3) is 0 Å². The lowest BCUT2D eigenvalue weighted by atomic mass is 10.1. The summed E-state index contributed by atoms with van der Waals surface area (Å²) >= 11 is 0. The maximum atomic E-state index is 12.0. The van der Waals surface area contributed by atoms with Crippen LogP contribution in [0.3, 0.4) is 0 Å². The molecular weight excluding hydrogens is 299 g/mol. The second kappa shape index (κ2) is 7.78. The Hall–Kier alpha value is -2.34. The Morgan fingerprint density at radius 2 is 2.13 bits per heavy atom. The number of hydrogen-bond acceptors (Lipinski definition) is 5. The van der Waals surface area contributed by atoms with Crippen LogP contribution in [0.5, 0.6) is 5.75 Å². The van der Waals surface area contributed by atoms with E-state index in [0.717, 1.165) is 5.69 Å². The fourth-order valence-corrected chi connectivity index (χ4v) is 1.99. The lowest BCUT2D eigenvalue weighted by Gasteiger charge is -2.13. The van der Waals surface area contributed by atoms with Crippen LogP contribution in [-0.4, -0.2) is 37.5 Å². The van der Waals surface area contributed by atoms with Gasteiger partial charge < -0.3 is 19.2 Å². The number of ether oxygens (including phenoxy) is 1. The number of phenols is 1. The molecule has 0 bridgehead atoms. The van der Waals surface area contributed by atoms with Crippen molar-refractivity contribution in [3.05, 3.63) is 41.1 Å². The SMILES string of the molecule is Cc1nc(/C=C/c2ccc(N(C)C)cc2O)oc1COCCF. The number of benzene rings is 1. The van der Waals surface area contributed by atoms with Gasteiger partial charge in [-0.3, -0.25) is 0 Å². The van der Waals surface area contributed by atoms with Crippen LogP contribution >= 0.6 is 0 Å². The van der Waals surface area contributed by atoms with E-state index >= 15 is 0 Å². The van der Waals surface area contributed by atoms with Crippen molar-refractivity contribution in [3.8, 4) is 5.75 Å². The summed E-state index contributed by atoms with van der Waals surface area (Å²) in [6, 6.07) is 5.43. The van der Waals surface area contributed by atoms with E-state index in [2.05, 4.69) is 4.98 Å². The first kappa shape index (κ1) is 17.0. The third kappa shape index (κ3) is 4.56. The van der Waals surface area contributed by atoms with Gasteiger partial charge in [-0.2, -0.15) is 0 Å². The number of anilines is 1. The maximum absolute atomic E-state index is 12.0. The van der Waals surface area contributed by atoms with Gasteiger partial charge in [0.05, 0.1) is 12.3 Å². The standard InChI is InChI=1S/C17H21FN2O3/c1-12-16(11-22-9-8-18)23-17(19-12)7-5-13-4-6-14(20(2)3)10-15(13)21/h4-7,10,21H,8-9,11H2,1-3H3/b7-5+. The van der Waals surface area contributed by atoms with Crippen LogP contribution in [0.15, 0.2) is 22.6 Å². The van der Waals surface area contributed by atoms with E-state index in [9.17, 15) is 9.50 Å². The molecule has 2 aromatic rings. The molecular formula is C17H21FN2O3. The molecule has 1 aromatic carbocycles. The van der Waals surface area contributed by atoms with Crippen molar-refractivity contribution in [1.82, 2.24) is 4.98 Å². The molecule has 0 aliphatic heterocycles. The zero-order valence-electron chi connectivity index (χ0n) is 13.5. The molecule has 0 saturated carbocycles. The van der Waals surface area contributed by atoms with E-state index in [0.29, 0.717) is 22.9 Å². The van der Waals surface area contributed by atoms with Crippen molar-refractivity contribution in [3.63, 3.8) is 0 Å². The van der Waals surface area contributed by atoms with Crippen LogP contribution in [0.1, 0.15) is 22.9 Å². The van der Waals surface area contributed by atoms with Crippen LogP contribution in [0, 0.1) is 6.92 Å². The van der Waals surface area contributed by atoms with E-state index in [1.807, 2.05) is 31.1 Å². The molecule has 0 fully saturated rings. The second-order valence-electron chi connectivity index (χ2n) is 5.27. The van der Waals surface area contributed by atoms with E-state index in [1.165, 1.54) is 0 Å². The number of alkyl halides is 1. The summed E-state index contributed by atoms with van der Waals surface area (Å²) in [5, 5.41) is 10.0. The summed E-state index contributed by atoms with van der Waals surface area (Å²) in [5.41, 5.74) is 2.29. The van der Waals surface area contributed by atoms with Gasteiger partial charge in [-0.1, -0.05) is 0 Å². The Morgan fingerprint density at radius 3 is 2.78 bits per heavy atom. The molecule has 5 nitrogen and oxygen atoms in total. The number of hydrogen-bond donors (Lipinski definition) is 1. The summed E-state index contributed by atoms with van der Waals surface area (Å²) < 4.78 is 22.7. The predicted molar refractivity (Wildman–Crippen MR) is 88.2 cm³/mol. The molecule has 0 unspecified atom stereocenters. The minimum atomic E-state index is -0.526. The highest BCUT2D eigenvalue weighted by Gasteiger charge is 2.08. The molecule has 0 radical (unpaired) electrons. The first-order chi connectivity index (χ1) is 11.0. The summed E-state index contributed by atoms with van der Waals surface area (Å²) in [6.07, 6.45) is 3.41. The fourth-order valence-electron chi connectivity index (χ4n) is 1.99. The van der Waals surface area contributed by atoms with Crippen LogP contribution < -0.4 is 4.90 Å². The number of aryl methyl sites for hydroxylation is 1. The molecule has 0 amide bonds.